The quantitative estimate of drug-likeness (QED) is 0.528. The van der Waals surface area contributed by atoms with Crippen molar-refractivity contribution in [2.24, 2.45) is 5.92 Å². The summed E-state index contributed by atoms with van der Waals surface area (Å²) < 4.78 is 26.9. The lowest BCUT2D eigenvalue weighted by Gasteiger charge is -2.31. The second kappa shape index (κ2) is 7.96. The van der Waals surface area contributed by atoms with Crippen molar-refractivity contribution in [3.8, 4) is 0 Å². The summed E-state index contributed by atoms with van der Waals surface area (Å²) in [5.41, 5.74) is 6.99. The van der Waals surface area contributed by atoms with Crippen LogP contribution in [0.25, 0.3) is 0 Å². The van der Waals surface area contributed by atoms with E-state index in [9.17, 15) is 8.78 Å². The summed E-state index contributed by atoms with van der Waals surface area (Å²) >= 11 is 0. The zero-order valence-corrected chi connectivity index (χ0v) is 16.1. The van der Waals surface area contributed by atoms with E-state index in [1.165, 1.54) is 48.9 Å². The first-order valence-corrected chi connectivity index (χ1v) is 10.4. The Kier molecular flexibility index (Phi) is 5.43. The smallest absolute Gasteiger partial charge is 0.159 e. The van der Waals surface area contributed by atoms with E-state index in [1.807, 2.05) is 0 Å². The summed E-state index contributed by atoms with van der Waals surface area (Å²) in [5.74, 6) is -0.517. The molecule has 0 fully saturated rings. The van der Waals surface area contributed by atoms with E-state index in [0.29, 0.717) is 11.8 Å². The van der Waals surface area contributed by atoms with Crippen LogP contribution in [0.15, 0.2) is 42.5 Å². The molecule has 0 saturated carbocycles. The molecule has 2 aromatic rings. The van der Waals surface area contributed by atoms with Gasteiger partial charge < -0.3 is 0 Å². The fourth-order valence-electron chi connectivity index (χ4n) is 4.87. The Morgan fingerprint density at radius 2 is 1.67 bits per heavy atom. The van der Waals surface area contributed by atoms with E-state index in [4.69, 9.17) is 0 Å². The van der Waals surface area contributed by atoms with Crippen LogP contribution in [-0.4, -0.2) is 0 Å². The van der Waals surface area contributed by atoms with Gasteiger partial charge in [-0.1, -0.05) is 43.7 Å². The molecule has 0 bridgehead atoms. The number of unbranched alkanes of at least 4 members (excludes halogenated alkanes) is 1. The molecule has 0 spiro atoms. The fourth-order valence-corrected chi connectivity index (χ4v) is 4.87. The van der Waals surface area contributed by atoms with E-state index in [0.717, 1.165) is 31.2 Å². The van der Waals surface area contributed by atoms with Gasteiger partial charge in [-0.15, -0.1) is 0 Å². The molecule has 4 rings (SSSR count). The third-order valence-corrected chi connectivity index (χ3v) is 6.36. The first kappa shape index (κ1) is 18.4. The first-order chi connectivity index (χ1) is 13.2. The van der Waals surface area contributed by atoms with Gasteiger partial charge in [-0.3, -0.25) is 0 Å². The van der Waals surface area contributed by atoms with E-state index in [1.54, 1.807) is 17.2 Å². The van der Waals surface area contributed by atoms with Crippen LogP contribution in [0.4, 0.5) is 8.78 Å². The van der Waals surface area contributed by atoms with Crippen molar-refractivity contribution in [1.82, 2.24) is 0 Å². The van der Waals surface area contributed by atoms with Crippen LogP contribution in [0.2, 0.25) is 0 Å². The highest BCUT2D eigenvalue weighted by atomic mass is 19.2. The van der Waals surface area contributed by atoms with Crippen molar-refractivity contribution in [1.29, 1.82) is 0 Å². The molecule has 0 N–H and O–H groups in total. The van der Waals surface area contributed by atoms with Gasteiger partial charge in [-0.25, -0.2) is 8.78 Å². The summed E-state index contributed by atoms with van der Waals surface area (Å²) in [6.07, 6.45) is 13.8. The van der Waals surface area contributed by atoms with Crippen molar-refractivity contribution < 1.29 is 8.78 Å². The van der Waals surface area contributed by atoms with Gasteiger partial charge in [0, 0.05) is 0 Å². The van der Waals surface area contributed by atoms with Crippen molar-refractivity contribution in [3.63, 3.8) is 0 Å². The molecule has 0 aliphatic heterocycles. The SMILES string of the molecule is CCC/C=C/C1CCc2c(ccc3c2CCC(c2ccc(F)c(F)c2)C3)C1. The average Bonchev–Trinajstić information content (AvgIpc) is 2.69. The monoisotopic (exact) mass is 366 g/mol. The van der Waals surface area contributed by atoms with Crippen LogP contribution in [0.1, 0.15) is 66.3 Å². The number of allylic oxidation sites excluding steroid dienone is 2. The number of hydrogen-bond acceptors (Lipinski definition) is 0. The number of benzene rings is 2. The number of halogens is 2. The Morgan fingerprint density at radius 3 is 2.41 bits per heavy atom. The lowest BCUT2D eigenvalue weighted by Crippen LogP contribution is -2.20. The molecule has 0 heterocycles. The Bertz CT molecular complexity index is 850. The number of rotatable bonds is 4. The van der Waals surface area contributed by atoms with Crippen molar-refractivity contribution in [2.75, 3.05) is 0 Å². The molecule has 2 unspecified atom stereocenters. The van der Waals surface area contributed by atoms with Gasteiger partial charge in [0.25, 0.3) is 0 Å². The van der Waals surface area contributed by atoms with Gasteiger partial charge in [0.1, 0.15) is 0 Å². The Labute approximate surface area is 161 Å². The molecule has 0 saturated heterocycles. The van der Waals surface area contributed by atoms with Gasteiger partial charge in [-0.05, 0) is 96.7 Å². The Morgan fingerprint density at radius 1 is 0.926 bits per heavy atom. The number of hydrogen-bond donors (Lipinski definition) is 0. The maximum Gasteiger partial charge on any atom is 0.159 e. The third-order valence-electron chi connectivity index (χ3n) is 6.36. The zero-order valence-electron chi connectivity index (χ0n) is 16.1. The van der Waals surface area contributed by atoms with Crippen LogP contribution in [-0.2, 0) is 25.7 Å². The van der Waals surface area contributed by atoms with Crippen molar-refractivity contribution in [2.45, 2.75) is 64.2 Å². The molecule has 2 aliphatic carbocycles. The van der Waals surface area contributed by atoms with Gasteiger partial charge in [0.05, 0.1) is 0 Å². The third kappa shape index (κ3) is 3.85. The van der Waals surface area contributed by atoms with Crippen LogP contribution < -0.4 is 0 Å². The molecule has 27 heavy (non-hydrogen) atoms. The standard InChI is InChI=1S/C25H28F2/c1-2-3-4-5-17-6-11-22-20(14-17)7-8-21-15-18(9-12-23(21)22)19-10-13-24(26)25(27)16-19/h4-5,7-8,10,13,16-18H,2-3,6,9,11-12,14-15H2,1H3/b5-4+. The van der Waals surface area contributed by atoms with Crippen LogP contribution in [0.3, 0.4) is 0 Å². The second-order valence-electron chi connectivity index (χ2n) is 8.17. The van der Waals surface area contributed by atoms with Gasteiger partial charge in [0.2, 0.25) is 0 Å². The molecule has 142 valence electrons. The van der Waals surface area contributed by atoms with E-state index >= 15 is 0 Å². The van der Waals surface area contributed by atoms with E-state index in [2.05, 4.69) is 31.2 Å². The van der Waals surface area contributed by atoms with Crippen LogP contribution in [0, 0.1) is 17.6 Å². The van der Waals surface area contributed by atoms with Gasteiger partial charge in [0.15, 0.2) is 11.6 Å². The second-order valence-corrected chi connectivity index (χ2v) is 8.17. The maximum absolute atomic E-state index is 13.6. The molecule has 0 amide bonds. The van der Waals surface area contributed by atoms with Gasteiger partial charge >= 0.3 is 0 Å². The van der Waals surface area contributed by atoms with Crippen molar-refractivity contribution >= 4 is 0 Å². The molecule has 2 heteroatoms. The highest BCUT2D eigenvalue weighted by molar-refractivity contribution is 5.46. The normalized spacial score (nSPS) is 21.9. The summed E-state index contributed by atoms with van der Waals surface area (Å²) in [4.78, 5) is 0. The molecule has 2 aliphatic rings. The predicted octanol–water partition coefficient (Wildman–Crippen LogP) is 6.70. The van der Waals surface area contributed by atoms with Gasteiger partial charge in [-0.2, -0.15) is 0 Å². The lowest BCUT2D eigenvalue weighted by molar-refractivity contribution is 0.500. The average molecular weight is 366 g/mol. The van der Waals surface area contributed by atoms with Crippen LogP contribution >= 0.6 is 0 Å². The van der Waals surface area contributed by atoms with E-state index in [-0.39, 0.29) is 0 Å². The summed E-state index contributed by atoms with van der Waals surface area (Å²) in [7, 11) is 0. The predicted molar refractivity (Wildman–Crippen MR) is 107 cm³/mol. The zero-order chi connectivity index (χ0) is 18.8. The topological polar surface area (TPSA) is 0 Å². The Hall–Kier alpha value is -1.96. The summed E-state index contributed by atoms with van der Waals surface area (Å²) in [6.45, 7) is 2.22. The molecule has 0 radical (unpaired) electrons. The summed E-state index contributed by atoms with van der Waals surface area (Å²) in [5, 5.41) is 0. The Balaban J connectivity index is 1.52. The lowest BCUT2D eigenvalue weighted by atomic mass is 9.74. The van der Waals surface area contributed by atoms with E-state index < -0.39 is 11.6 Å². The highest BCUT2D eigenvalue weighted by Crippen LogP contribution is 2.38. The number of fused-ring (bicyclic) bond motifs is 3. The largest absolute Gasteiger partial charge is 0.204 e. The molecule has 2 atom stereocenters. The minimum absolute atomic E-state index is 0.291. The van der Waals surface area contributed by atoms with Crippen molar-refractivity contribution in [3.05, 3.63) is 81.9 Å². The fraction of sp³-hybridized carbons (Fsp3) is 0.440. The molecular formula is C25H28F2. The molecule has 0 aromatic heterocycles. The minimum Gasteiger partial charge on any atom is -0.204 e. The highest BCUT2D eigenvalue weighted by Gasteiger charge is 2.26. The molecule has 2 aromatic carbocycles. The minimum atomic E-state index is -0.758. The molecular weight excluding hydrogens is 338 g/mol. The first-order valence-electron chi connectivity index (χ1n) is 10.4. The van der Waals surface area contributed by atoms with Crippen LogP contribution in [0.5, 0.6) is 0 Å². The summed E-state index contributed by atoms with van der Waals surface area (Å²) in [6, 6.07) is 9.01. The molecule has 0 nitrogen and oxygen atoms in total. The maximum atomic E-state index is 13.6.